The first-order valence-corrected chi connectivity index (χ1v) is 10.3. The highest BCUT2D eigenvalue weighted by molar-refractivity contribution is 7.88. The van der Waals surface area contributed by atoms with Crippen LogP contribution in [0.25, 0.3) is 21.9 Å². The zero-order valence-corrected chi connectivity index (χ0v) is 15.3. The summed E-state index contributed by atoms with van der Waals surface area (Å²) in [4.78, 5) is 9.16. The number of nitrogen functional groups attached to an aromatic ring is 1. The van der Waals surface area contributed by atoms with Crippen LogP contribution in [0.4, 0.5) is 5.82 Å². The molecule has 1 aromatic carbocycles. The number of para-hydroxylation sites is 1. The van der Waals surface area contributed by atoms with E-state index in [0.717, 1.165) is 47.8 Å². The Balaban J connectivity index is 2.14. The number of rotatable bonds is 7. The van der Waals surface area contributed by atoms with Gasteiger partial charge >= 0.3 is 0 Å². The molecule has 0 radical (unpaired) electrons. The first kappa shape index (κ1) is 17.6. The van der Waals surface area contributed by atoms with Crippen molar-refractivity contribution in [2.24, 2.45) is 0 Å². The average Bonchev–Trinajstić information content (AvgIpc) is 2.91. The summed E-state index contributed by atoms with van der Waals surface area (Å²) in [7, 11) is -3.23. The third kappa shape index (κ3) is 3.74. The summed E-state index contributed by atoms with van der Waals surface area (Å²) in [6.07, 6.45) is 4.04. The second-order valence-electron chi connectivity index (χ2n) is 6.16. The largest absolute Gasteiger partial charge is 0.382 e. The van der Waals surface area contributed by atoms with Gasteiger partial charge in [0.2, 0.25) is 10.0 Å². The molecule has 0 unspecified atom stereocenters. The molecule has 2 heterocycles. The Hall–Kier alpha value is -2.19. The molecule has 0 fully saturated rings. The molecule has 0 amide bonds. The van der Waals surface area contributed by atoms with Gasteiger partial charge in [0.15, 0.2) is 5.82 Å². The lowest BCUT2D eigenvalue weighted by Crippen LogP contribution is -2.26. The molecule has 2 aromatic heterocycles. The molecule has 25 heavy (non-hydrogen) atoms. The van der Waals surface area contributed by atoms with Crippen molar-refractivity contribution in [2.45, 2.75) is 32.7 Å². The first-order chi connectivity index (χ1) is 11.9. The van der Waals surface area contributed by atoms with Crippen LogP contribution in [0.15, 0.2) is 24.3 Å². The van der Waals surface area contributed by atoms with Crippen molar-refractivity contribution in [3.8, 4) is 0 Å². The summed E-state index contributed by atoms with van der Waals surface area (Å²) in [5.74, 6) is 1.32. The van der Waals surface area contributed by atoms with Gasteiger partial charge in [-0.3, -0.25) is 0 Å². The lowest BCUT2D eigenvalue weighted by Gasteiger charge is -2.11. The Labute approximate surface area is 147 Å². The van der Waals surface area contributed by atoms with Gasteiger partial charge in [-0.15, -0.1) is 0 Å². The Morgan fingerprint density at radius 3 is 2.72 bits per heavy atom. The number of fused-ring (bicyclic) bond motifs is 3. The lowest BCUT2D eigenvalue weighted by atomic mass is 10.2. The highest BCUT2D eigenvalue weighted by Crippen LogP contribution is 2.29. The topological polar surface area (TPSA) is 103 Å². The van der Waals surface area contributed by atoms with E-state index < -0.39 is 10.0 Å². The van der Waals surface area contributed by atoms with Crippen LogP contribution >= 0.6 is 0 Å². The number of nitrogens with one attached hydrogen (secondary N) is 1. The molecule has 7 nitrogen and oxygen atoms in total. The molecule has 3 N–H and O–H groups in total. The minimum atomic E-state index is -3.23. The molecule has 0 saturated heterocycles. The van der Waals surface area contributed by atoms with E-state index in [2.05, 4.69) is 21.2 Å². The Bertz CT molecular complexity index is 1010. The van der Waals surface area contributed by atoms with Crippen molar-refractivity contribution >= 4 is 37.8 Å². The summed E-state index contributed by atoms with van der Waals surface area (Å²) < 4.78 is 27.4. The van der Waals surface area contributed by atoms with Gasteiger partial charge < -0.3 is 10.3 Å². The fourth-order valence-electron chi connectivity index (χ4n) is 3.01. The summed E-state index contributed by atoms with van der Waals surface area (Å²) >= 11 is 0. The van der Waals surface area contributed by atoms with Crippen LogP contribution in [0, 0.1) is 0 Å². The molecule has 0 aliphatic heterocycles. The van der Waals surface area contributed by atoms with E-state index in [9.17, 15) is 8.42 Å². The lowest BCUT2D eigenvalue weighted by molar-refractivity contribution is 0.575. The molecule has 0 bridgehead atoms. The zero-order chi connectivity index (χ0) is 18.0. The van der Waals surface area contributed by atoms with E-state index in [1.54, 1.807) is 0 Å². The Kier molecular flexibility index (Phi) is 4.91. The maximum atomic E-state index is 11.4. The number of anilines is 1. The van der Waals surface area contributed by atoms with Gasteiger partial charge in [0.05, 0.1) is 17.3 Å². The van der Waals surface area contributed by atoms with Crippen molar-refractivity contribution in [2.75, 3.05) is 18.5 Å². The number of aromatic nitrogens is 3. The normalized spacial score (nSPS) is 12.2. The average molecular weight is 361 g/mol. The molecule has 0 aliphatic carbocycles. The molecule has 3 aromatic rings. The fourth-order valence-corrected chi connectivity index (χ4v) is 3.48. The molecule has 0 saturated carbocycles. The maximum absolute atomic E-state index is 11.4. The van der Waals surface area contributed by atoms with E-state index in [1.807, 2.05) is 24.3 Å². The van der Waals surface area contributed by atoms with E-state index in [0.29, 0.717) is 24.4 Å². The second-order valence-corrected chi connectivity index (χ2v) is 7.99. The van der Waals surface area contributed by atoms with Crippen LogP contribution < -0.4 is 10.5 Å². The number of hydrogen-bond acceptors (Lipinski definition) is 5. The maximum Gasteiger partial charge on any atom is 0.208 e. The van der Waals surface area contributed by atoms with Crippen molar-refractivity contribution in [3.63, 3.8) is 0 Å². The summed E-state index contributed by atoms with van der Waals surface area (Å²) in [6, 6.07) is 7.79. The minimum Gasteiger partial charge on any atom is -0.382 e. The van der Waals surface area contributed by atoms with E-state index in [-0.39, 0.29) is 0 Å². The van der Waals surface area contributed by atoms with Crippen molar-refractivity contribution in [1.82, 2.24) is 19.3 Å². The van der Waals surface area contributed by atoms with Gasteiger partial charge in [-0.05, 0) is 12.5 Å². The van der Waals surface area contributed by atoms with Crippen LogP contribution in [0.3, 0.4) is 0 Å². The van der Waals surface area contributed by atoms with Gasteiger partial charge in [-0.2, -0.15) is 0 Å². The van der Waals surface area contributed by atoms with Crippen molar-refractivity contribution < 1.29 is 8.42 Å². The Morgan fingerprint density at radius 2 is 2.00 bits per heavy atom. The molecule has 0 spiro atoms. The number of imidazole rings is 1. The number of aryl methyl sites for hydroxylation is 1. The summed E-state index contributed by atoms with van der Waals surface area (Å²) in [5, 5.41) is 0.973. The number of hydrogen-bond donors (Lipinski definition) is 2. The minimum absolute atomic E-state index is 0.306. The van der Waals surface area contributed by atoms with Crippen LogP contribution in [0.1, 0.15) is 25.6 Å². The van der Waals surface area contributed by atoms with Gasteiger partial charge in [-0.25, -0.2) is 23.1 Å². The molecular weight excluding hydrogens is 338 g/mol. The number of sulfonamides is 1. The summed E-state index contributed by atoms with van der Waals surface area (Å²) in [5.41, 5.74) is 8.55. The van der Waals surface area contributed by atoms with Crippen LogP contribution in [0.5, 0.6) is 0 Å². The Morgan fingerprint density at radius 1 is 1.24 bits per heavy atom. The van der Waals surface area contributed by atoms with Crippen molar-refractivity contribution in [3.05, 3.63) is 30.1 Å². The van der Waals surface area contributed by atoms with E-state index >= 15 is 0 Å². The molecule has 8 heteroatoms. The highest BCUT2D eigenvalue weighted by atomic mass is 32.2. The van der Waals surface area contributed by atoms with Gasteiger partial charge in [-0.1, -0.05) is 31.5 Å². The standard InChI is InChI=1S/C17H23N5O2S/c1-3-4-9-14-21-15-16(22(14)11-10-19-25(2,23)24)12-7-5-6-8-13(12)20-17(15)18/h5-8,19H,3-4,9-11H2,1-2H3,(H2,18,20). The smallest absolute Gasteiger partial charge is 0.208 e. The van der Waals surface area contributed by atoms with E-state index in [4.69, 9.17) is 10.7 Å². The third-order valence-electron chi connectivity index (χ3n) is 4.14. The second kappa shape index (κ2) is 6.97. The molecule has 0 atom stereocenters. The number of nitrogens with two attached hydrogens (primary N) is 1. The summed E-state index contributed by atoms with van der Waals surface area (Å²) in [6.45, 7) is 2.93. The van der Waals surface area contributed by atoms with Crippen molar-refractivity contribution in [1.29, 1.82) is 0 Å². The monoisotopic (exact) mass is 361 g/mol. The zero-order valence-electron chi connectivity index (χ0n) is 14.5. The van der Waals surface area contributed by atoms with Crippen LogP contribution in [-0.2, 0) is 23.0 Å². The fraction of sp³-hybridized carbons (Fsp3) is 0.412. The first-order valence-electron chi connectivity index (χ1n) is 8.38. The van der Waals surface area contributed by atoms with Gasteiger partial charge in [0.1, 0.15) is 11.3 Å². The third-order valence-corrected chi connectivity index (χ3v) is 4.87. The van der Waals surface area contributed by atoms with E-state index in [1.165, 1.54) is 0 Å². The highest BCUT2D eigenvalue weighted by Gasteiger charge is 2.17. The van der Waals surface area contributed by atoms with Gasteiger partial charge in [0.25, 0.3) is 0 Å². The number of unbranched alkanes of at least 4 members (excludes halogenated alkanes) is 1. The van der Waals surface area contributed by atoms with Crippen LogP contribution in [-0.4, -0.2) is 35.8 Å². The molecule has 0 aliphatic rings. The number of nitrogens with zero attached hydrogens (tertiary/aromatic N) is 3. The molecule has 3 rings (SSSR count). The SMILES string of the molecule is CCCCc1nc2c(N)nc3ccccc3c2n1CCNS(C)(=O)=O. The number of benzene rings is 1. The number of pyridine rings is 1. The molecule has 134 valence electrons. The van der Waals surface area contributed by atoms with Gasteiger partial charge in [0, 0.05) is 24.9 Å². The molecular formula is C17H23N5O2S. The quantitative estimate of drug-likeness (QED) is 0.670. The predicted molar refractivity (Wildman–Crippen MR) is 101 cm³/mol. The van der Waals surface area contributed by atoms with Crippen LogP contribution in [0.2, 0.25) is 0 Å². The predicted octanol–water partition coefficient (Wildman–Crippen LogP) is 2.06.